The van der Waals surface area contributed by atoms with Crippen molar-refractivity contribution in [3.63, 3.8) is 0 Å². The van der Waals surface area contributed by atoms with Gasteiger partial charge in [-0.15, -0.1) is 12.4 Å². The number of amides is 1. The standard InChI is InChI=1S/C8H11ClN2O2.ClH/c1-5(4-10)11-8(12)6-2-3-7(9)13-6;/h2-3,5H,4,10H2,1H3,(H,11,12);1H/t5-;/m0./s1. The normalized spacial score (nSPS) is 11.6. The van der Waals surface area contributed by atoms with Gasteiger partial charge in [-0.1, -0.05) is 0 Å². The van der Waals surface area contributed by atoms with Crippen LogP contribution in [0.15, 0.2) is 16.5 Å². The number of furan rings is 1. The predicted molar refractivity (Wildman–Crippen MR) is 56.9 cm³/mol. The molecule has 4 nitrogen and oxygen atoms in total. The molecule has 1 amide bonds. The maximum atomic E-state index is 11.3. The molecule has 1 rings (SSSR count). The number of nitrogens with two attached hydrogens (primary N) is 1. The van der Waals surface area contributed by atoms with E-state index in [-0.39, 0.29) is 35.3 Å². The van der Waals surface area contributed by atoms with E-state index in [4.69, 9.17) is 21.8 Å². The van der Waals surface area contributed by atoms with E-state index in [0.717, 1.165) is 0 Å². The Morgan fingerprint density at radius 3 is 2.79 bits per heavy atom. The van der Waals surface area contributed by atoms with Crippen molar-refractivity contribution in [1.29, 1.82) is 0 Å². The quantitative estimate of drug-likeness (QED) is 0.838. The summed E-state index contributed by atoms with van der Waals surface area (Å²) in [5.41, 5.74) is 5.33. The van der Waals surface area contributed by atoms with Gasteiger partial charge in [-0.25, -0.2) is 0 Å². The fourth-order valence-corrected chi connectivity index (χ4v) is 0.936. The third-order valence-corrected chi connectivity index (χ3v) is 1.73. The lowest BCUT2D eigenvalue weighted by Crippen LogP contribution is -2.37. The van der Waals surface area contributed by atoms with Gasteiger partial charge in [0.25, 0.3) is 5.91 Å². The van der Waals surface area contributed by atoms with Crippen LogP contribution in [0.4, 0.5) is 0 Å². The van der Waals surface area contributed by atoms with Gasteiger partial charge in [-0.05, 0) is 30.7 Å². The second kappa shape index (κ2) is 5.90. The van der Waals surface area contributed by atoms with Gasteiger partial charge in [0.15, 0.2) is 11.0 Å². The maximum Gasteiger partial charge on any atom is 0.287 e. The number of hydrogen-bond acceptors (Lipinski definition) is 3. The SMILES string of the molecule is C[C@@H](CN)NC(=O)c1ccc(Cl)o1.Cl. The number of carbonyl (C=O) groups excluding carboxylic acids is 1. The van der Waals surface area contributed by atoms with Gasteiger partial charge < -0.3 is 15.5 Å². The summed E-state index contributed by atoms with van der Waals surface area (Å²) in [7, 11) is 0. The monoisotopic (exact) mass is 238 g/mol. The highest BCUT2D eigenvalue weighted by molar-refractivity contribution is 6.29. The summed E-state index contributed by atoms with van der Waals surface area (Å²) in [6.45, 7) is 2.20. The smallest absolute Gasteiger partial charge is 0.287 e. The summed E-state index contributed by atoms with van der Waals surface area (Å²) in [6, 6.07) is 2.96. The van der Waals surface area contributed by atoms with Crippen LogP contribution in [0.3, 0.4) is 0 Å². The van der Waals surface area contributed by atoms with Crippen molar-refractivity contribution in [3.8, 4) is 0 Å². The average molecular weight is 239 g/mol. The molecule has 80 valence electrons. The molecule has 0 aliphatic rings. The molecular weight excluding hydrogens is 227 g/mol. The average Bonchev–Trinajstić information content (AvgIpc) is 2.51. The van der Waals surface area contributed by atoms with Crippen LogP contribution < -0.4 is 11.1 Å². The Morgan fingerprint density at radius 1 is 1.71 bits per heavy atom. The Morgan fingerprint density at radius 2 is 2.36 bits per heavy atom. The van der Waals surface area contributed by atoms with Crippen molar-refractivity contribution in [2.45, 2.75) is 13.0 Å². The highest BCUT2D eigenvalue weighted by Crippen LogP contribution is 2.12. The van der Waals surface area contributed by atoms with E-state index in [1.54, 1.807) is 0 Å². The van der Waals surface area contributed by atoms with Crippen LogP contribution in [0.1, 0.15) is 17.5 Å². The molecule has 14 heavy (non-hydrogen) atoms. The third kappa shape index (κ3) is 3.57. The Bertz CT molecular complexity index is 301. The Hall–Kier alpha value is -0.710. The second-order valence-electron chi connectivity index (χ2n) is 2.71. The zero-order chi connectivity index (χ0) is 9.84. The molecule has 1 heterocycles. The van der Waals surface area contributed by atoms with Gasteiger partial charge >= 0.3 is 0 Å². The van der Waals surface area contributed by atoms with E-state index < -0.39 is 0 Å². The number of hydrogen-bond donors (Lipinski definition) is 2. The first kappa shape index (κ1) is 13.3. The summed E-state index contributed by atoms with van der Waals surface area (Å²) in [4.78, 5) is 11.3. The highest BCUT2D eigenvalue weighted by atomic mass is 35.5. The van der Waals surface area contributed by atoms with Crippen LogP contribution >= 0.6 is 24.0 Å². The van der Waals surface area contributed by atoms with Crippen LogP contribution in [-0.2, 0) is 0 Å². The first-order chi connectivity index (χ1) is 6.13. The van der Waals surface area contributed by atoms with E-state index in [0.29, 0.717) is 6.54 Å². The maximum absolute atomic E-state index is 11.3. The molecule has 1 atom stereocenters. The minimum absolute atomic E-state index is 0. The first-order valence-corrected chi connectivity index (χ1v) is 4.27. The van der Waals surface area contributed by atoms with Crippen LogP contribution in [0.5, 0.6) is 0 Å². The van der Waals surface area contributed by atoms with Crippen LogP contribution in [0.25, 0.3) is 0 Å². The van der Waals surface area contributed by atoms with E-state index >= 15 is 0 Å². The molecule has 0 saturated heterocycles. The molecule has 1 aromatic heterocycles. The molecule has 0 bridgehead atoms. The van der Waals surface area contributed by atoms with Gasteiger partial charge in [0, 0.05) is 12.6 Å². The molecule has 6 heteroatoms. The summed E-state index contributed by atoms with van der Waals surface area (Å²) in [6.07, 6.45) is 0. The lowest BCUT2D eigenvalue weighted by atomic mass is 10.3. The first-order valence-electron chi connectivity index (χ1n) is 3.89. The Balaban J connectivity index is 0.00000169. The lowest BCUT2D eigenvalue weighted by Gasteiger charge is -2.08. The van der Waals surface area contributed by atoms with Crippen molar-refractivity contribution in [2.24, 2.45) is 5.73 Å². The summed E-state index contributed by atoms with van der Waals surface area (Å²) in [5, 5.41) is 2.84. The van der Waals surface area contributed by atoms with E-state index in [1.165, 1.54) is 12.1 Å². The number of nitrogens with one attached hydrogen (secondary N) is 1. The van der Waals surface area contributed by atoms with Crippen molar-refractivity contribution >= 4 is 29.9 Å². The number of rotatable bonds is 3. The van der Waals surface area contributed by atoms with Crippen LogP contribution in [0.2, 0.25) is 5.22 Å². The Kier molecular flexibility index (Phi) is 5.60. The lowest BCUT2D eigenvalue weighted by molar-refractivity contribution is 0.0913. The minimum atomic E-state index is -0.301. The van der Waals surface area contributed by atoms with Gasteiger partial charge in [0.05, 0.1) is 0 Å². The summed E-state index contributed by atoms with van der Waals surface area (Å²) < 4.78 is 4.90. The fourth-order valence-electron chi connectivity index (χ4n) is 0.790. The van der Waals surface area contributed by atoms with Crippen molar-refractivity contribution in [2.75, 3.05) is 6.54 Å². The van der Waals surface area contributed by atoms with Crippen LogP contribution in [-0.4, -0.2) is 18.5 Å². The third-order valence-electron chi connectivity index (χ3n) is 1.53. The molecule has 1 aromatic rings. The van der Waals surface area contributed by atoms with Crippen molar-refractivity contribution < 1.29 is 9.21 Å². The molecule has 0 aromatic carbocycles. The zero-order valence-electron chi connectivity index (χ0n) is 7.62. The number of halogens is 2. The van der Waals surface area contributed by atoms with Gasteiger partial charge in [0.2, 0.25) is 0 Å². The van der Waals surface area contributed by atoms with Crippen molar-refractivity contribution in [3.05, 3.63) is 23.1 Å². The topological polar surface area (TPSA) is 68.3 Å². The van der Waals surface area contributed by atoms with Crippen molar-refractivity contribution in [1.82, 2.24) is 5.32 Å². The summed E-state index contributed by atoms with van der Waals surface area (Å²) in [5.74, 6) is -0.102. The highest BCUT2D eigenvalue weighted by Gasteiger charge is 2.11. The molecule has 0 unspecified atom stereocenters. The van der Waals surface area contributed by atoms with E-state index in [1.807, 2.05) is 6.92 Å². The van der Waals surface area contributed by atoms with Gasteiger partial charge in [-0.3, -0.25) is 4.79 Å². The fraction of sp³-hybridized carbons (Fsp3) is 0.375. The number of carbonyl (C=O) groups is 1. The summed E-state index contributed by atoms with van der Waals surface area (Å²) >= 11 is 5.50. The molecule has 0 aliphatic carbocycles. The molecular formula is C8H12Cl2N2O2. The van der Waals surface area contributed by atoms with Crippen LogP contribution in [0, 0.1) is 0 Å². The van der Waals surface area contributed by atoms with Gasteiger partial charge in [0.1, 0.15) is 0 Å². The van der Waals surface area contributed by atoms with E-state index in [9.17, 15) is 4.79 Å². The Labute approximate surface area is 93.2 Å². The molecule has 0 saturated carbocycles. The molecule has 0 aliphatic heterocycles. The molecule has 0 fully saturated rings. The molecule has 0 spiro atoms. The molecule has 0 radical (unpaired) electrons. The largest absolute Gasteiger partial charge is 0.440 e. The second-order valence-corrected chi connectivity index (χ2v) is 3.09. The zero-order valence-corrected chi connectivity index (χ0v) is 9.19. The molecule has 3 N–H and O–H groups in total. The minimum Gasteiger partial charge on any atom is -0.440 e. The van der Waals surface area contributed by atoms with Gasteiger partial charge in [-0.2, -0.15) is 0 Å². The van der Waals surface area contributed by atoms with E-state index in [2.05, 4.69) is 5.32 Å². The predicted octanol–water partition coefficient (Wildman–Crippen LogP) is 1.43.